The van der Waals surface area contributed by atoms with Gasteiger partial charge in [0.15, 0.2) is 5.69 Å². The fourth-order valence-corrected chi connectivity index (χ4v) is 4.00. The predicted octanol–water partition coefficient (Wildman–Crippen LogP) is 5.36. The molecule has 0 atom stereocenters. The molecule has 0 radical (unpaired) electrons. The van der Waals surface area contributed by atoms with Crippen molar-refractivity contribution in [2.75, 3.05) is 13.6 Å². The lowest BCUT2D eigenvalue weighted by atomic mass is 10.1. The minimum Gasteiger partial charge on any atom is -0.447 e. The van der Waals surface area contributed by atoms with Gasteiger partial charge < -0.3 is 9.32 Å². The van der Waals surface area contributed by atoms with Gasteiger partial charge in [0.2, 0.25) is 5.89 Å². The Morgan fingerprint density at radius 3 is 2.61 bits per heavy atom. The van der Waals surface area contributed by atoms with Gasteiger partial charge in [0, 0.05) is 31.6 Å². The number of rotatable bonds is 8. The van der Waals surface area contributed by atoms with Crippen molar-refractivity contribution in [2.24, 2.45) is 0 Å². The number of aryl methyl sites for hydroxylation is 1. The molecule has 0 N–H and O–H groups in total. The second kappa shape index (κ2) is 9.65. The van der Waals surface area contributed by atoms with Crippen molar-refractivity contribution < 1.29 is 22.4 Å². The number of oxazole rings is 1. The predicted molar refractivity (Wildman–Crippen MR) is 113 cm³/mol. The van der Waals surface area contributed by atoms with Crippen molar-refractivity contribution >= 4 is 17.2 Å². The lowest BCUT2D eigenvalue weighted by Crippen LogP contribution is -2.26. The Hall–Kier alpha value is -2.65. The Kier molecular flexibility index (Phi) is 7.17. The van der Waals surface area contributed by atoms with Gasteiger partial charge in [-0.05, 0) is 42.5 Å². The van der Waals surface area contributed by atoms with Crippen molar-refractivity contribution in [1.29, 1.82) is 0 Å². The molecule has 2 heterocycles. The number of thiophene rings is 1. The van der Waals surface area contributed by atoms with Crippen LogP contribution in [0.15, 0.2) is 46.4 Å². The summed E-state index contributed by atoms with van der Waals surface area (Å²) in [5.74, 6) is 0.102. The molecule has 166 valence electrons. The first-order chi connectivity index (χ1) is 14.7. The molecule has 1 aromatic carbocycles. The van der Waals surface area contributed by atoms with Crippen LogP contribution in [0.3, 0.4) is 0 Å². The quantitative estimate of drug-likeness (QED) is 0.463. The first-order valence-corrected chi connectivity index (χ1v) is 10.7. The third-order valence-electron chi connectivity index (χ3n) is 4.95. The largest absolute Gasteiger partial charge is 0.447 e. The summed E-state index contributed by atoms with van der Waals surface area (Å²) < 4.78 is 44.8. The van der Waals surface area contributed by atoms with Crippen molar-refractivity contribution in [3.63, 3.8) is 0 Å². The molecule has 31 heavy (non-hydrogen) atoms. The lowest BCUT2D eigenvalue weighted by molar-refractivity contribution is -0.137. The summed E-state index contributed by atoms with van der Waals surface area (Å²) in [5, 5.41) is 1.98. The first kappa shape index (κ1) is 23.0. The molecule has 0 saturated heterocycles. The number of aromatic nitrogens is 1. The standard InChI is InChI=1S/C22H24F3N3O2S/c1-4-27(3)21(29)18-14-30-20(26-18)13-28(12-19-15(2)8-9-31-19)11-16-6-5-7-17(10-16)22(23,24)25/h5-10,14H,4,11-13H2,1-3H3. The molecule has 0 saturated carbocycles. The Morgan fingerprint density at radius 1 is 1.19 bits per heavy atom. The fourth-order valence-electron chi connectivity index (χ4n) is 3.05. The minimum absolute atomic E-state index is 0.214. The zero-order valence-electron chi connectivity index (χ0n) is 17.6. The number of carbonyl (C=O) groups excluding carboxylic acids is 1. The van der Waals surface area contributed by atoms with E-state index in [2.05, 4.69) is 4.98 Å². The van der Waals surface area contributed by atoms with Crippen LogP contribution >= 0.6 is 11.3 Å². The van der Waals surface area contributed by atoms with Crippen LogP contribution in [0.25, 0.3) is 0 Å². The Labute approximate surface area is 183 Å². The van der Waals surface area contributed by atoms with Gasteiger partial charge in [0.05, 0.1) is 12.1 Å². The maximum atomic E-state index is 13.1. The van der Waals surface area contributed by atoms with Crippen LogP contribution in [0.4, 0.5) is 13.2 Å². The van der Waals surface area contributed by atoms with Crippen molar-refractivity contribution in [3.05, 3.63) is 75.1 Å². The van der Waals surface area contributed by atoms with E-state index in [9.17, 15) is 18.0 Å². The number of amides is 1. The van der Waals surface area contributed by atoms with E-state index >= 15 is 0 Å². The fraction of sp³-hybridized carbons (Fsp3) is 0.364. The second-order valence-electron chi connectivity index (χ2n) is 7.32. The van der Waals surface area contributed by atoms with Gasteiger partial charge in [0.1, 0.15) is 6.26 Å². The average molecular weight is 452 g/mol. The molecule has 0 unspecified atom stereocenters. The summed E-state index contributed by atoms with van der Waals surface area (Å²) in [6.45, 7) is 5.47. The highest BCUT2D eigenvalue weighted by Crippen LogP contribution is 2.30. The van der Waals surface area contributed by atoms with Crippen molar-refractivity contribution in [1.82, 2.24) is 14.8 Å². The summed E-state index contributed by atoms with van der Waals surface area (Å²) in [5.41, 5.74) is 1.19. The minimum atomic E-state index is -4.39. The van der Waals surface area contributed by atoms with Crippen LogP contribution in [0.1, 0.15) is 44.9 Å². The molecule has 1 amide bonds. The zero-order chi connectivity index (χ0) is 22.6. The van der Waals surface area contributed by atoms with E-state index in [1.807, 2.05) is 30.2 Å². The van der Waals surface area contributed by atoms with E-state index in [1.165, 1.54) is 17.2 Å². The van der Waals surface area contributed by atoms with E-state index in [-0.39, 0.29) is 24.7 Å². The molecule has 2 aromatic heterocycles. The summed E-state index contributed by atoms with van der Waals surface area (Å²) in [6, 6.07) is 7.31. The summed E-state index contributed by atoms with van der Waals surface area (Å²) >= 11 is 1.59. The number of hydrogen-bond donors (Lipinski definition) is 0. The monoisotopic (exact) mass is 451 g/mol. The normalized spacial score (nSPS) is 11.8. The average Bonchev–Trinajstić information content (AvgIpc) is 3.35. The zero-order valence-corrected chi connectivity index (χ0v) is 18.4. The third-order valence-corrected chi connectivity index (χ3v) is 5.95. The van der Waals surface area contributed by atoms with Gasteiger partial charge >= 0.3 is 6.18 Å². The molecule has 3 rings (SSSR count). The second-order valence-corrected chi connectivity index (χ2v) is 8.32. The van der Waals surface area contributed by atoms with E-state index in [0.29, 0.717) is 24.5 Å². The Morgan fingerprint density at radius 2 is 1.97 bits per heavy atom. The van der Waals surface area contributed by atoms with E-state index < -0.39 is 11.7 Å². The summed E-state index contributed by atoms with van der Waals surface area (Å²) in [4.78, 5) is 21.2. The highest BCUT2D eigenvalue weighted by molar-refractivity contribution is 7.10. The van der Waals surface area contributed by atoms with Crippen LogP contribution in [0, 0.1) is 6.92 Å². The van der Waals surface area contributed by atoms with E-state index in [1.54, 1.807) is 24.5 Å². The molecule has 0 spiro atoms. The topological polar surface area (TPSA) is 49.6 Å². The van der Waals surface area contributed by atoms with Crippen LogP contribution in [-0.4, -0.2) is 34.3 Å². The van der Waals surface area contributed by atoms with Crippen LogP contribution in [0.5, 0.6) is 0 Å². The molecule has 0 aliphatic carbocycles. The number of halogens is 3. The van der Waals surface area contributed by atoms with E-state index in [4.69, 9.17) is 4.42 Å². The van der Waals surface area contributed by atoms with Crippen LogP contribution in [0.2, 0.25) is 0 Å². The Bertz CT molecular complexity index is 1030. The molecule has 5 nitrogen and oxygen atoms in total. The van der Waals surface area contributed by atoms with Crippen molar-refractivity contribution in [3.8, 4) is 0 Å². The van der Waals surface area contributed by atoms with Crippen molar-refractivity contribution in [2.45, 2.75) is 39.7 Å². The SMILES string of the molecule is CCN(C)C(=O)c1coc(CN(Cc2cccc(C(F)(F)F)c2)Cc2sccc2C)n1. The summed E-state index contributed by atoms with van der Waals surface area (Å²) in [7, 11) is 1.68. The molecule has 0 aliphatic heterocycles. The molecule has 3 aromatic rings. The number of hydrogen-bond acceptors (Lipinski definition) is 5. The van der Waals surface area contributed by atoms with Gasteiger partial charge in [-0.1, -0.05) is 18.2 Å². The molecule has 9 heteroatoms. The highest BCUT2D eigenvalue weighted by atomic mass is 32.1. The molecule has 0 aliphatic rings. The van der Waals surface area contributed by atoms with Crippen LogP contribution in [-0.2, 0) is 25.8 Å². The number of nitrogens with zero attached hydrogens (tertiary/aromatic N) is 3. The van der Waals surface area contributed by atoms with Gasteiger partial charge in [-0.2, -0.15) is 13.2 Å². The van der Waals surface area contributed by atoms with Gasteiger partial charge in [-0.3, -0.25) is 9.69 Å². The molecule has 0 fully saturated rings. The third kappa shape index (κ3) is 5.95. The molecular formula is C22H24F3N3O2S. The van der Waals surface area contributed by atoms with Gasteiger partial charge in [-0.25, -0.2) is 4.98 Å². The van der Waals surface area contributed by atoms with Crippen LogP contribution < -0.4 is 0 Å². The lowest BCUT2D eigenvalue weighted by Gasteiger charge is -2.21. The van der Waals surface area contributed by atoms with E-state index in [0.717, 1.165) is 22.6 Å². The van der Waals surface area contributed by atoms with Gasteiger partial charge in [0.25, 0.3) is 5.91 Å². The van der Waals surface area contributed by atoms with Gasteiger partial charge in [-0.15, -0.1) is 11.3 Å². The number of benzene rings is 1. The maximum absolute atomic E-state index is 13.1. The maximum Gasteiger partial charge on any atom is 0.416 e. The smallest absolute Gasteiger partial charge is 0.416 e. The Balaban J connectivity index is 1.82. The number of alkyl halides is 3. The highest BCUT2D eigenvalue weighted by Gasteiger charge is 2.30. The number of carbonyl (C=O) groups is 1. The summed E-state index contributed by atoms with van der Waals surface area (Å²) in [6.07, 6.45) is -3.07. The molecule has 0 bridgehead atoms. The molecular weight excluding hydrogens is 427 g/mol. The first-order valence-electron chi connectivity index (χ1n) is 9.78.